The zero-order valence-corrected chi connectivity index (χ0v) is 11.5. The van der Waals surface area contributed by atoms with Crippen molar-refractivity contribution in [2.75, 3.05) is 0 Å². The quantitative estimate of drug-likeness (QED) is 0.606. The Kier molecular flexibility index (Phi) is 11.9. The van der Waals surface area contributed by atoms with Gasteiger partial charge in [0.05, 0.1) is 0 Å². The van der Waals surface area contributed by atoms with E-state index in [1.807, 2.05) is 43.3 Å². The van der Waals surface area contributed by atoms with Crippen molar-refractivity contribution in [3.8, 4) is 0 Å². The van der Waals surface area contributed by atoms with Crippen molar-refractivity contribution in [2.24, 2.45) is 0 Å². The van der Waals surface area contributed by atoms with Crippen LogP contribution < -0.4 is 0 Å². The smallest absolute Gasteiger partial charge is 0.0281 e. The van der Waals surface area contributed by atoms with Crippen LogP contribution in [-0.4, -0.2) is 0 Å². The van der Waals surface area contributed by atoms with Crippen molar-refractivity contribution >= 4 is 0 Å². The number of hydrogen-bond donors (Lipinski definition) is 0. The zero-order chi connectivity index (χ0) is 13.5. The first-order valence-electron chi connectivity index (χ1n) is 6.46. The van der Waals surface area contributed by atoms with E-state index in [-0.39, 0.29) is 0 Å². The van der Waals surface area contributed by atoms with Gasteiger partial charge in [0.25, 0.3) is 0 Å². The summed E-state index contributed by atoms with van der Waals surface area (Å²) < 4.78 is 0. The van der Waals surface area contributed by atoms with Crippen LogP contribution in [0.15, 0.2) is 79.4 Å². The van der Waals surface area contributed by atoms with Gasteiger partial charge in [-0.05, 0) is 18.9 Å². The maximum absolute atomic E-state index is 3.36. The molecular weight excluding hydrogens is 216 g/mol. The predicted molar refractivity (Wildman–Crippen MR) is 82.8 cm³/mol. The van der Waals surface area contributed by atoms with Gasteiger partial charge in [0.1, 0.15) is 0 Å². The van der Waals surface area contributed by atoms with Crippen LogP contribution in [-0.2, 0) is 6.42 Å². The molecule has 0 spiro atoms. The van der Waals surface area contributed by atoms with Crippen molar-refractivity contribution in [1.82, 2.24) is 0 Å². The molecule has 0 radical (unpaired) electrons. The number of aryl methyl sites for hydroxylation is 1. The summed E-state index contributed by atoms with van der Waals surface area (Å²) in [4.78, 5) is 0. The highest BCUT2D eigenvalue weighted by atomic mass is 13.9. The summed E-state index contributed by atoms with van der Waals surface area (Å²) in [5, 5.41) is 0. The third-order valence-electron chi connectivity index (χ3n) is 2.05. The minimum atomic E-state index is 1.21. The predicted octanol–water partition coefficient (Wildman–Crippen LogP) is 5.52. The van der Waals surface area contributed by atoms with Crippen LogP contribution in [0.3, 0.4) is 0 Å². The number of hydrogen-bond acceptors (Lipinski definition) is 0. The van der Waals surface area contributed by atoms with Gasteiger partial charge in [0, 0.05) is 0 Å². The fraction of sp³-hybridized carbons (Fsp3) is 0.222. The Morgan fingerprint density at radius 2 is 1.17 bits per heavy atom. The molecule has 0 aliphatic heterocycles. The van der Waals surface area contributed by atoms with E-state index >= 15 is 0 Å². The Bertz CT molecular complexity index is 335. The molecule has 2 aromatic carbocycles. The molecule has 2 aromatic rings. The lowest BCUT2D eigenvalue weighted by molar-refractivity contribution is 0.922. The van der Waals surface area contributed by atoms with E-state index < -0.39 is 0 Å². The van der Waals surface area contributed by atoms with E-state index in [4.69, 9.17) is 0 Å². The lowest BCUT2D eigenvalue weighted by atomic mass is 10.1. The molecule has 0 fully saturated rings. The average Bonchev–Trinajstić information content (AvgIpc) is 2.44. The van der Waals surface area contributed by atoms with E-state index in [2.05, 4.69) is 43.8 Å². The van der Waals surface area contributed by atoms with Crippen LogP contribution >= 0.6 is 0 Å². The van der Waals surface area contributed by atoms with Gasteiger partial charge >= 0.3 is 0 Å². The van der Waals surface area contributed by atoms with Gasteiger partial charge in [-0.15, -0.1) is 6.58 Å². The van der Waals surface area contributed by atoms with E-state index in [0.29, 0.717) is 0 Å². The third kappa shape index (κ3) is 10.7. The molecule has 96 valence electrons. The highest BCUT2D eigenvalue weighted by molar-refractivity contribution is 5.14. The van der Waals surface area contributed by atoms with Crippen molar-refractivity contribution in [1.29, 1.82) is 0 Å². The van der Waals surface area contributed by atoms with Gasteiger partial charge < -0.3 is 0 Å². The van der Waals surface area contributed by atoms with Crippen molar-refractivity contribution < 1.29 is 0 Å². The minimum Gasteiger partial charge on any atom is -0.103 e. The summed E-state index contributed by atoms with van der Waals surface area (Å²) >= 11 is 0. The van der Waals surface area contributed by atoms with Gasteiger partial charge in [0.2, 0.25) is 0 Å². The first-order valence-corrected chi connectivity index (χ1v) is 6.46. The molecule has 0 unspecified atom stereocenters. The molecule has 0 heteroatoms. The monoisotopic (exact) mass is 240 g/mol. The molecule has 0 aliphatic carbocycles. The second-order valence-electron chi connectivity index (χ2n) is 3.80. The molecule has 0 amide bonds. The normalized spacial score (nSPS) is 8.11. The maximum Gasteiger partial charge on any atom is -0.0281 e. The van der Waals surface area contributed by atoms with E-state index in [9.17, 15) is 0 Å². The Morgan fingerprint density at radius 3 is 1.50 bits per heavy atom. The standard InChI is InChI=1S/C9H12.C6H6.C3H6/c1-2-6-9-7-4-3-5-8-9;1-2-4-6-5-3-1;1-3-2/h3-5,7-8H,2,6H2,1H3;1-6H;3H,1H2,2H3. The van der Waals surface area contributed by atoms with E-state index in [1.165, 1.54) is 18.4 Å². The van der Waals surface area contributed by atoms with Gasteiger partial charge in [-0.1, -0.05) is 86.2 Å². The summed E-state index contributed by atoms with van der Waals surface area (Å²) in [6, 6.07) is 22.6. The van der Waals surface area contributed by atoms with E-state index in [0.717, 1.165) is 0 Å². The highest BCUT2D eigenvalue weighted by Crippen LogP contribution is 2.00. The van der Waals surface area contributed by atoms with Gasteiger partial charge in [-0.25, -0.2) is 0 Å². The lowest BCUT2D eigenvalue weighted by Crippen LogP contribution is -1.78. The third-order valence-corrected chi connectivity index (χ3v) is 2.05. The van der Waals surface area contributed by atoms with Crippen LogP contribution in [0.5, 0.6) is 0 Å². The SMILES string of the molecule is C=CC.CCCc1ccccc1.c1ccccc1. The maximum atomic E-state index is 3.36. The topological polar surface area (TPSA) is 0 Å². The van der Waals surface area contributed by atoms with Gasteiger partial charge in [-0.3, -0.25) is 0 Å². The minimum absolute atomic E-state index is 1.21. The summed E-state index contributed by atoms with van der Waals surface area (Å²) in [6.07, 6.45) is 4.20. The van der Waals surface area contributed by atoms with Crippen LogP contribution in [0.1, 0.15) is 25.8 Å². The molecule has 0 heterocycles. The van der Waals surface area contributed by atoms with E-state index in [1.54, 1.807) is 6.08 Å². The number of allylic oxidation sites excluding steroid dienone is 1. The Morgan fingerprint density at radius 1 is 0.833 bits per heavy atom. The fourth-order valence-corrected chi connectivity index (χ4v) is 1.32. The molecular formula is C18H24. The van der Waals surface area contributed by atoms with Crippen LogP contribution in [0.4, 0.5) is 0 Å². The van der Waals surface area contributed by atoms with Gasteiger partial charge in [-0.2, -0.15) is 0 Å². The molecule has 0 N–H and O–H groups in total. The molecule has 0 saturated carbocycles. The molecule has 0 atom stereocenters. The summed E-state index contributed by atoms with van der Waals surface area (Å²) in [5.41, 5.74) is 1.44. The van der Waals surface area contributed by atoms with Crippen molar-refractivity contribution in [3.63, 3.8) is 0 Å². The molecule has 0 aromatic heterocycles. The first-order chi connectivity index (χ1) is 8.85. The molecule has 18 heavy (non-hydrogen) atoms. The first kappa shape index (κ1) is 16.2. The van der Waals surface area contributed by atoms with Crippen molar-refractivity contribution in [2.45, 2.75) is 26.7 Å². The largest absolute Gasteiger partial charge is 0.103 e. The molecule has 0 saturated heterocycles. The zero-order valence-electron chi connectivity index (χ0n) is 11.5. The fourth-order valence-electron chi connectivity index (χ4n) is 1.32. The summed E-state index contributed by atoms with van der Waals surface area (Å²) in [5.74, 6) is 0. The summed E-state index contributed by atoms with van der Waals surface area (Å²) in [7, 11) is 0. The van der Waals surface area contributed by atoms with Crippen LogP contribution in [0.25, 0.3) is 0 Å². The van der Waals surface area contributed by atoms with Crippen LogP contribution in [0, 0.1) is 0 Å². The summed E-state index contributed by atoms with van der Waals surface area (Å²) in [6.45, 7) is 7.45. The number of benzene rings is 2. The van der Waals surface area contributed by atoms with Gasteiger partial charge in [0.15, 0.2) is 0 Å². The molecule has 0 bridgehead atoms. The molecule has 0 aliphatic rings. The molecule has 2 rings (SSSR count). The number of rotatable bonds is 2. The lowest BCUT2D eigenvalue weighted by Gasteiger charge is -1.93. The Labute approximate surface area is 112 Å². The second kappa shape index (κ2) is 13.2. The molecule has 0 nitrogen and oxygen atoms in total. The van der Waals surface area contributed by atoms with Crippen molar-refractivity contribution in [3.05, 3.63) is 84.9 Å². The van der Waals surface area contributed by atoms with Crippen LogP contribution in [0.2, 0.25) is 0 Å². The second-order valence-corrected chi connectivity index (χ2v) is 3.80. The average molecular weight is 240 g/mol. The Balaban J connectivity index is 0.000000278. The Hall–Kier alpha value is -1.82. The highest BCUT2D eigenvalue weighted by Gasteiger charge is 1.84.